The van der Waals surface area contributed by atoms with E-state index >= 15 is 0 Å². The van der Waals surface area contributed by atoms with Crippen LogP contribution in [0.3, 0.4) is 0 Å². The summed E-state index contributed by atoms with van der Waals surface area (Å²) in [6.07, 6.45) is 2.32. The monoisotopic (exact) mass is 444 g/mol. The summed E-state index contributed by atoms with van der Waals surface area (Å²) >= 11 is 0. The Morgan fingerprint density at radius 2 is 2.03 bits per heavy atom. The molecule has 2 aromatic carbocycles. The molecule has 1 saturated heterocycles. The number of methoxy groups -OCH3 is 1. The predicted octanol–water partition coefficient (Wildman–Crippen LogP) is 4.02. The summed E-state index contributed by atoms with van der Waals surface area (Å²) in [6.45, 7) is 3.71. The smallest absolute Gasteiger partial charge is 0.321 e. The summed E-state index contributed by atoms with van der Waals surface area (Å²) in [5, 5.41) is 10.1. The Labute approximate surface area is 193 Å². The van der Waals surface area contributed by atoms with Gasteiger partial charge < -0.3 is 19.0 Å². The van der Waals surface area contributed by atoms with Crippen molar-refractivity contribution in [3.05, 3.63) is 47.3 Å². The number of ether oxygens (including phenoxy) is 1. The van der Waals surface area contributed by atoms with Crippen molar-refractivity contribution in [3.8, 4) is 17.2 Å². The van der Waals surface area contributed by atoms with Crippen LogP contribution >= 0.6 is 0 Å². The Hall–Kier alpha value is -3.37. The van der Waals surface area contributed by atoms with Gasteiger partial charge in [0.1, 0.15) is 17.0 Å². The van der Waals surface area contributed by atoms with Crippen LogP contribution in [0.1, 0.15) is 36.3 Å². The van der Waals surface area contributed by atoms with E-state index in [0.717, 1.165) is 41.9 Å². The van der Waals surface area contributed by atoms with Crippen LogP contribution in [0, 0.1) is 18.3 Å². The van der Waals surface area contributed by atoms with E-state index in [2.05, 4.69) is 42.1 Å². The number of oxazole rings is 1. The minimum absolute atomic E-state index is 0.331. The molecule has 33 heavy (non-hydrogen) atoms. The molecule has 2 heterocycles. The molecule has 7 heteroatoms. The second-order valence-corrected chi connectivity index (χ2v) is 9.32. The standard InChI is InChI=1S/C26H28N4O3/c1-16-19(14-27)21-23(33-24(28-21)26(11-12-26)25(31)32-4)22(20(16)17-8-6-5-7-9-17)30-13-10-18(15-30)29(2)3/h5-9,18H,10-13,15H2,1-4H3/t18-/m0/s1. The highest BCUT2D eigenvalue weighted by Crippen LogP contribution is 2.52. The van der Waals surface area contributed by atoms with Gasteiger partial charge in [-0.1, -0.05) is 30.3 Å². The van der Waals surface area contributed by atoms with E-state index in [-0.39, 0.29) is 5.97 Å². The highest BCUT2D eigenvalue weighted by Gasteiger charge is 2.57. The maximum atomic E-state index is 12.5. The highest BCUT2D eigenvalue weighted by molar-refractivity contribution is 6.03. The SMILES string of the molecule is COC(=O)C1(c2nc3c(C#N)c(C)c(-c4ccccc4)c(N4CC[C@H](N(C)C)C4)c3o2)CC1. The van der Waals surface area contributed by atoms with Gasteiger partial charge >= 0.3 is 5.97 Å². The molecule has 0 spiro atoms. The van der Waals surface area contributed by atoms with E-state index in [1.165, 1.54) is 7.11 Å². The van der Waals surface area contributed by atoms with Crippen LogP contribution in [0.5, 0.6) is 0 Å². The topological polar surface area (TPSA) is 82.6 Å². The van der Waals surface area contributed by atoms with Crippen molar-refractivity contribution in [1.29, 1.82) is 5.26 Å². The molecule has 1 atom stereocenters. The molecule has 7 nitrogen and oxygen atoms in total. The molecule has 3 aromatic rings. The number of rotatable bonds is 5. The molecule has 2 aliphatic rings. The Balaban J connectivity index is 1.79. The van der Waals surface area contributed by atoms with Gasteiger partial charge in [-0.2, -0.15) is 5.26 Å². The fourth-order valence-electron chi connectivity index (χ4n) is 5.04. The molecule has 1 aromatic heterocycles. The molecular weight excluding hydrogens is 416 g/mol. The van der Waals surface area contributed by atoms with E-state index in [4.69, 9.17) is 14.1 Å². The summed E-state index contributed by atoms with van der Waals surface area (Å²) in [6, 6.07) is 12.9. The van der Waals surface area contributed by atoms with Gasteiger partial charge in [-0.25, -0.2) is 4.98 Å². The van der Waals surface area contributed by atoms with E-state index in [1.807, 2.05) is 25.1 Å². The minimum Gasteiger partial charge on any atom is -0.468 e. The second kappa shape index (κ2) is 7.89. The normalized spacial score (nSPS) is 19.2. The van der Waals surface area contributed by atoms with Crippen LogP contribution in [0.15, 0.2) is 34.7 Å². The van der Waals surface area contributed by atoms with Gasteiger partial charge in [0.2, 0.25) is 5.89 Å². The van der Waals surface area contributed by atoms with Crippen LogP contribution in [0.2, 0.25) is 0 Å². The number of nitriles is 1. The fourth-order valence-corrected chi connectivity index (χ4v) is 5.04. The zero-order valence-corrected chi connectivity index (χ0v) is 19.5. The number of hydrogen-bond acceptors (Lipinski definition) is 7. The summed E-state index contributed by atoms with van der Waals surface area (Å²) < 4.78 is 11.5. The zero-order valence-electron chi connectivity index (χ0n) is 19.5. The first kappa shape index (κ1) is 21.5. The molecule has 170 valence electrons. The van der Waals surface area contributed by atoms with Crippen LogP contribution in [-0.4, -0.2) is 56.2 Å². The van der Waals surface area contributed by atoms with Crippen molar-refractivity contribution >= 4 is 22.8 Å². The lowest BCUT2D eigenvalue weighted by Gasteiger charge is -2.25. The maximum absolute atomic E-state index is 12.5. The Bertz CT molecular complexity index is 1270. The van der Waals surface area contributed by atoms with Gasteiger partial charge in [0, 0.05) is 24.7 Å². The Kier molecular flexibility index (Phi) is 5.13. The quantitative estimate of drug-likeness (QED) is 0.550. The Morgan fingerprint density at radius 1 is 1.30 bits per heavy atom. The first-order chi connectivity index (χ1) is 15.9. The van der Waals surface area contributed by atoms with Crippen LogP contribution in [0.4, 0.5) is 5.69 Å². The fraction of sp³-hybridized carbons (Fsp3) is 0.423. The van der Waals surface area contributed by atoms with E-state index < -0.39 is 5.41 Å². The number of benzene rings is 2. The number of aromatic nitrogens is 1. The minimum atomic E-state index is -0.838. The first-order valence-electron chi connectivity index (χ1n) is 11.3. The lowest BCUT2D eigenvalue weighted by molar-refractivity contribution is -0.144. The Morgan fingerprint density at radius 3 is 2.61 bits per heavy atom. The van der Waals surface area contributed by atoms with Gasteiger partial charge in [-0.15, -0.1) is 0 Å². The molecule has 0 N–H and O–H groups in total. The van der Waals surface area contributed by atoms with Crippen LogP contribution in [0.25, 0.3) is 22.2 Å². The van der Waals surface area contributed by atoms with E-state index in [9.17, 15) is 10.1 Å². The van der Waals surface area contributed by atoms with Gasteiger partial charge in [0.25, 0.3) is 0 Å². The van der Waals surface area contributed by atoms with Crippen molar-refractivity contribution in [2.75, 3.05) is 39.2 Å². The average Bonchev–Trinajstić information content (AvgIpc) is 3.27. The number of anilines is 1. The third kappa shape index (κ3) is 3.28. The molecule has 0 bridgehead atoms. The van der Waals surface area contributed by atoms with Crippen molar-refractivity contribution in [2.24, 2.45) is 0 Å². The number of nitrogens with zero attached hydrogens (tertiary/aromatic N) is 4. The zero-order chi connectivity index (χ0) is 23.3. The third-order valence-electron chi connectivity index (χ3n) is 7.19. The van der Waals surface area contributed by atoms with Crippen molar-refractivity contribution < 1.29 is 13.9 Å². The van der Waals surface area contributed by atoms with E-state index in [0.29, 0.717) is 41.4 Å². The van der Waals surface area contributed by atoms with Gasteiger partial charge in [-0.05, 0) is 51.4 Å². The van der Waals surface area contributed by atoms with Crippen molar-refractivity contribution in [2.45, 2.75) is 37.6 Å². The van der Waals surface area contributed by atoms with Gasteiger partial charge in [0.05, 0.1) is 18.4 Å². The molecule has 2 fully saturated rings. The highest BCUT2D eigenvalue weighted by atomic mass is 16.5. The molecule has 1 aliphatic carbocycles. The second-order valence-electron chi connectivity index (χ2n) is 9.32. The summed E-state index contributed by atoms with van der Waals surface area (Å²) in [5.74, 6) is 0.0260. The molecular formula is C26H28N4O3. The molecule has 0 radical (unpaired) electrons. The van der Waals surface area contributed by atoms with Gasteiger partial charge in [0.15, 0.2) is 5.58 Å². The summed E-state index contributed by atoms with van der Waals surface area (Å²) in [4.78, 5) is 21.9. The molecule has 0 unspecified atom stereocenters. The average molecular weight is 445 g/mol. The first-order valence-corrected chi connectivity index (χ1v) is 11.3. The lowest BCUT2D eigenvalue weighted by Crippen LogP contribution is -2.31. The largest absolute Gasteiger partial charge is 0.468 e. The predicted molar refractivity (Wildman–Crippen MR) is 126 cm³/mol. The maximum Gasteiger partial charge on any atom is 0.321 e. The van der Waals surface area contributed by atoms with Gasteiger partial charge in [-0.3, -0.25) is 4.79 Å². The molecule has 1 saturated carbocycles. The van der Waals surface area contributed by atoms with E-state index in [1.54, 1.807) is 0 Å². The van der Waals surface area contributed by atoms with Crippen LogP contribution < -0.4 is 4.90 Å². The number of esters is 1. The number of likely N-dealkylation sites (N-methyl/N-ethyl adjacent to an activating group) is 1. The number of hydrogen-bond donors (Lipinski definition) is 0. The van der Waals surface area contributed by atoms with Crippen LogP contribution in [-0.2, 0) is 14.9 Å². The molecule has 5 rings (SSSR count). The third-order valence-corrected chi connectivity index (χ3v) is 7.19. The summed E-state index contributed by atoms with van der Waals surface area (Å²) in [7, 11) is 5.60. The summed E-state index contributed by atoms with van der Waals surface area (Å²) in [5.41, 5.74) is 4.62. The lowest BCUT2D eigenvalue weighted by atomic mass is 9.93. The van der Waals surface area contributed by atoms with Crippen molar-refractivity contribution in [1.82, 2.24) is 9.88 Å². The molecule has 0 amide bonds. The van der Waals surface area contributed by atoms with Crippen molar-refractivity contribution in [3.63, 3.8) is 0 Å². The number of carbonyl (C=O) groups excluding carboxylic acids is 1. The number of fused-ring (bicyclic) bond motifs is 1. The molecule has 1 aliphatic heterocycles. The number of carbonyl (C=O) groups is 1.